The lowest BCUT2D eigenvalue weighted by Crippen LogP contribution is -2.28. The Morgan fingerprint density at radius 2 is 0.806 bits per heavy atom. The van der Waals surface area contributed by atoms with E-state index in [1.54, 1.807) is 0 Å². The summed E-state index contributed by atoms with van der Waals surface area (Å²) < 4.78 is 6.10. The molecule has 0 radical (unpaired) electrons. The van der Waals surface area contributed by atoms with Crippen molar-refractivity contribution in [3.8, 4) is 67.3 Å². The molecule has 12 rings (SSSR count). The van der Waals surface area contributed by atoms with Gasteiger partial charge >= 0.3 is 0 Å². The van der Waals surface area contributed by atoms with Gasteiger partial charge in [0.15, 0.2) is 5.82 Å². The first-order valence-corrected chi connectivity index (χ1v) is 21.1. The van der Waals surface area contributed by atoms with E-state index in [0.717, 1.165) is 72.3 Å². The van der Waals surface area contributed by atoms with Gasteiger partial charge in [0, 0.05) is 27.5 Å². The first-order chi connectivity index (χ1) is 30.7. The summed E-state index contributed by atoms with van der Waals surface area (Å²) >= 11 is 0. The molecule has 0 saturated carbocycles. The van der Waals surface area contributed by atoms with Crippen molar-refractivity contribution in [2.24, 2.45) is 0 Å². The van der Waals surface area contributed by atoms with E-state index in [9.17, 15) is 0 Å². The van der Waals surface area contributed by atoms with E-state index in [1.165, 1.54) is 33.4 Å². The van der Waals surface area contributed by atoms with Crippen LogP contribution < -0.4 is 0 Å². The van der Waals surface area contributed by atoms with Gasteiger partial charge in [0.25, 0.3) is 0 Å². The van der Waals surface area contributed by atoms with Gasteiger partial charge in [0.05, 0.1) is 16.8 Å². The number of nitrogens with zero attached hydrogens (tertiary/aromatic N) is 2. The summed E-state index contributed by atoms with van der Waals surface area (Å²) in [6.45, 7) is 0. The smallest absolute Gasteiger partial charge is 0.160 e. The molecule has 3 nitrogen and oxygen atoms in total. The number of furan rings is 1. The molecule has 0 N–H and O–H groups in total. The maximum Gasteiger partial charge on any atom is 0.160 e. The molecule has 9 aromatic carbocycles. The average molecular weight is 791 g/mol. The fraction of sp³-hybridized carbons (Fsp3) is 0.0169. The molecule has 3 heteroatoms. The normalized spacial score (nSPS) is 12.6. The second-order valence-electron chi connectivity index (χ2n) is 16.1. The molecule has 2 aromatic heterocycles. The first kappa shape index (κ1) is 35.8. The SMILES string of the molecule is c1ccc(-c2nc(-c3ccc(-c4ccc5oc6ccccc6c5c4)cc3)cc(-c3cccc(-c4ccc(C5(c6ccccc6)c6ccccc6-c6ccccc65)cc4)c3)n2)cc1. The van der Waals surface area contributed by atoms with Crippen LogP contribution in [0.3, 0.4) is 0 Å². The van der Waals surface area contributed by atoms with Gasteiger partial charge in [-0.25, -0.2) is 9.97 Å². The molecule has 1 aliphatic rings. The summed E-state index contributed by atoms with van der Waals surface area (Å²) in [5.41, 5.74) is 18.4. The van der Waals surface area contributed by atoms with Gasteiger partial charge in [0.2, 0.25) is 0 Å². The van der Waals surface area contributed by atoms with Gasteiger partial charge in [-0.15, -0.1) is 0 Å². The number of fused-ring (bicyclic) bond motifs is 6. The predicted molar refractivity (Wildman–Crippen MR) is 254 cm³/mol. The molecular formula is C59H38N2O. The summed E-state index contributed by atoms with van der Waals surface area (Å²) in [7, 11) is 0. The predicted octanol–water partition coefficient (Wildman–Crippen LogP) is 15.1. The Kier molecular flexibility index (Phi) is 8.39. The van der Waals surface area contributed by atoms with Crippen molar-refractivity contribution in [3.63, 3.8) is 0 Å². The minimum Gasteiger partial charge on any atom is -0.456 e. The molecule has 0 fully saturated rings. The maximum atomic E-state index is 6.10. The molecule has 62 heavy (non-hydrogen) atoms. The van der Waals surface area contributed by atoms with Crippen LogP contribution in [0.2, 0.25) is 0 Å². The molecule has 2 heterocycles. The van der Waals surface area contributed by atoms with E-state index in [4.69, 9.17) is 14.4 Å². The third kappa shape index (κ3) is 5.82. The minimum atomic E-state index is -0.430. The highest BCUT2D eigenvalue weighted by Crippen LogP contribution is 2.56. The van der Waals surface area contributed by atoms with Crippen molar-refractivity contribution in [2.45, 2.75) is 5.41 Å². The molecule has 0 unspecified atom stereocenters. The van der Waals surface area contributed by atoms with Gasteiger partial charge < -0.3 is 4.42 Å². The Hall–Kier alpha value is -8.14. The maximum absolute atomic E-state index is 6.10. The van der Waals surface area contributed by atoms with E-state index < -0.39 is 5.41 Å². The van der Waals surface area contributed by atoms with Crippen molar-refractivity contribution >= 4 is 21.9 Å². The quantitative estimate of drug-likeness (QED) is 0.161. The van der Waals surface area contributed by atoms with Gasteiger partial charge in [-0.05, 0) is 86.0 Å². The van der Waals surface area contributed by atoms with Crippen LogP contribution in [0.1, 0.15) is 22.3 Å². The number of para-hydroxylation sites is 1. The minimum absolute atomic E-state index is 0.430. The van der Waals surface area contributed by atoms with Gasteiger partial charge in [-0.3, -0.25) is 0 Å². The largest absolute Gasteiger partial charge is 0.456 e. The topological polar surface area (TPSA) is 38.9 Å². The van der Waals surface area contributed by atoms with Crippen molar-refractivity contribution < 1.29 is 4.42 Å². The summed E-state index contributed by atoms with van der Waals surface area (Å²) in [4.78, 5) is 10.3. The summed E-state index contributed by atoms with van der Waals surface area (Å²) in [5, 5.41) is 2.25. The zero-order chi connectivity index (χ0) is 41.0. The molecule has 0 spiro atoms. The Morgan fingerprint density at radius 3 is 1.53 bits per heavy atom. The second kappa shape index (κ2) is 14.5. The second-order valence-corrected chi connectivity index (χ2v) is 16.1. The average Bonchev–Trinajstić information content (AvgIpc) is 3.88. The monoisotopic (exact) mass is 790 g/mol. The third-order valence-electron chi connectivity index (χ3n) is 12.6. The summed E-state index contributed by atoms with van der Waals surface area (Å²) in [6, 6.07) is 82.3. The number of hydrogen-bond acceptors (Lipinski definition) is 3. The van der Waals surface area contributed by atoms with Gasteiger partial charge in [-0.2, -0.15) is 0 Å². The molecule has 0 amide bonds. The van der Waals surface area contributed by atoms with E-state index >= 15 is 0 Å². The van der Waals surface area contributed by atoms with Gasteiger partial charge in [0.1, 0.15) is 11.2 Å². The third-order valence-corrected chi connectivity index (χ3v) is 12.6. The molecule has 0 aliphatic heterocycles. The Labute approximate surface area is 360 Å². The van der Waals surface area contributed by atoms with Crippen LogP contribution in [0, 0.1) is 0 Å². The number of aromatic nitrogens is 2. The fourth-order valence-corrected chi connectivity index (χ4v) is 9.68. The molecular weight excluding hydrogens is 753 g/mol. The van der Waals surface area contributed by atoms with E-state index in [2.05, 4.69) is 200 Å². The van der Waals surface area contributed by atoms with Crippen LogP contribution in [-0.4, -0.2) is 9.97 Å². The highest BCUT2D eigenvalue weighted by atomic mass is 16.3. The Morgan fingerprint density at radius 1 is 0.306 bits per heavy atom. The summed E-state index contributed by atoms with van der Waals surface area (Å²) in [6.07, 6.45) is 0. The Balaban J connectivity index is 0.916. The van der Waals surface area contributed by atoms with E-state index in [1.807, 2.05) is 30.3 Å². The lowest BCUT2D eigenvalue weighted by atomic mass is 9.67. The first-order valence-electron chi connectivity index (χ1n) is 21.1. The lowest BCUT2D eigenvalue weighted by molar-refractivity contribution is 0.669. The van der Waals surface area contributed by atoms with Crippen molar-refractivity contribution in [1.82, 2.24) is 9.97 Å². The van der Waals surface area contributed by atoms with Crippen LogP contribution in [0.5, 0.6) is 0 Å². The fourth-order valence-electron chi connectivity index (χ4n) is 9.68. The van der Waals surface area contributed by atoms with Crippen molar-refractivity contribution in [2.75, 3.05) is 0 Å². The van der Waals surface area contributed by atoms with Crippen molar-refractivity contribution in [1.29, 1.82) is 0 Å². The molecule has 11 aromatic rings. The molecule has 0 atom stereocenters. The van der Waals surface area contributed by atoms with Crippen LogP contribution in [0.4, 0.5) is 0 Å². The number of rotatable bonds is 7. The van der Waals surface area contributed by atoms with Crippen LogP contribution in [-0.2, 0) is 5.41 Å². The van der Waals surface area contributed by atoms with Gasteiger partial charge in [-0.1, -0.05) is 200 Å². The van der Waals surface area contributed by atoms with Crippen molar-refractivity contribution in [3.05, 3.63) is 253 Å². The molecule has 0 bridgehead atoms. The number of benzene rings is 9. The standard InChI is InChI=1S/C59H38N2O/c1-3-14-42(15-4-1)58-60-54(41-28-26-39(27-29-41)44-32-35-57-51(37-44)50-22-9-12-25-56(50)62-57)38-55(61-58)45-17-13-16-43(36-45)40-30-33-47(34-31-40)59(46-18-5-2-6-19-46)52-23-10-7-20-48(52)49-21-8-11-24-53(49)59/h1-38H. The lowest BCUT2D eigenvalue weighted by Gasteiger charge is -2.34. The molecule has 0 saturated heterocycles. The zero-order valence-corrected chi connectivity index (χ0v) is 33.7. The molecule has 290 valence electrons. The zero-order valence-electron chi connectivity index (χ0n) is 33.7. The van der Waals surface area contributed by atoms with Crippen LogP contribution >= 0.6 is 0 Å². The highest BCUT2D eigenvalue weighted by molar-refractivity contribution is 6.06. The summed E-state index contributed by atoms with van der Waals surface area (Å²) in [5.74, 6) is 0.692. The molecule has 1 aliphatic carbocycles. The van der Waals surface area contributed by atoms with E-state index in [0.29, 0.717) is 5.82 Å². The number of hydrogen-bond donors (Lipinski definition) is 0. The van der Waals surface area contributed by atoms with Crippen LogP contribution in [0.25, 0.3) is 89.2 Å². The van der Waals surface area contributed by atoms with Crippen LogP contribution in [0.15, 0.2) is 235 Å². The Bertz CT molecular complexity index is 3400. The highest BCUT2D eigenvalue weighted by Gasteiger charge is 2.45. The van der Waals surface area contributed by atoms with E-state index in [-0.39, 0.29) is 0 Å².